The Balaban J connectivity index is 2.38. The van der Waals surface area contributed by atoms with Crippen molar-refractivity contribution < 1.29 is 14.6 Å². The smallest absolute Gasteiger partial charge is 0.337 e. The Morgan fingerprint density at radius 1 is 1.14 bits per heavy atom. The molecule has 3 aromatic rings. The van der Waals surface area contributed by atoms with Gasteiger partial charge in [0.25, 0.3) is 0 Å². The normalized spacial score (nSPS) is 12.9. The van der Waals surface area contributed by atoms with Crippen molar-refractivity contribution in [1.29, 1.82) is 0 Å². The molecule has 0 amide bonds. The highest BCUT2D eigenvalue weighted by Gasteiger charge is 2.32. The molecule has 0 spiro atoms. The number of fused-ring (bicyclic) bond motifs is 1. The first-order valence-corrected chi connectivity index (χ1v) is 10.4. The molecule has 1 N–H and O–H groups in total. The zero-order valence-electron chi connectivity index (χ0n) is 16.8. The lowest BCUT2D eigenvalue weighted by Gasteiger charge is -2.28. The van der Waals surface area contributed by atoms with Crippen LogP contribution in [0, 0.1) is 6.92 Å². The van der Waals surface area contributed by atoms with E-state index in [1.54, 1.807) is 11.8 Å². The molecule has 5 heteroatoms. The van der Waals surface area contributed by atoms with E-state index in [-0.39, 0.29) is 0 Å². The Morgan fingerprint density at radius 3 is 2.50 bits per heavy atom. The average Bonchev–Trinajstić information content (AvgIpc) is 2.64. The molecule has 1 atom stereocenters. The van der Waals surface area contributed by atoms with Crippen molar-refractivity contribution in [3.63, 3.8) is 0 Å². The second-order valence-corrected chi connectivity index (χ2v) is 8.56. The summed E-state index contributed by atoms with van der Waals surface area (Å²) in [5, 5.41) is 10.9. The first kappa shape index (κ1) is 20.4. The molecule has 0 saturated heterocycles. The van der Waals surface area contributed by atoms with Gasteiger partial charge < -0.3 is 9.84 Å². The number of hydrogen-bond acceptors (Lipinski definition) is 4. The van der Waals surface area contributed by atoms with Crippen LogP contribution < -0.4 is 0 Å². The number of thioether (sulfide) groups is 1. The van der Waals surface area contributed by atoms with Crippen LogP contribution in [0.1, 0.15) is 38.1 Å². The molecule has 3 rings (SSSR count). The van der Waals surface area contributed by atoms with E-state index in [4.69, 9.17) is 4.74 Å². The largest absolute Gasteiger partial charge is 0.479 e. The number of rotatable bonds is 5. The van der Waals surface area contributed by atoms with Gasteiger partial charge >= 0.3 is 5.97 Å². The molecule has 28 heavy (non-hydrogen) atoms. The minimum atomic E-state index is -1.11. The van der Waals surface area contributed by atoms with Crippen LogP contribution in [0.25, 0.3) is 22.0 Å². The number of benzene rings is 2. The number of para-hydroxylation sites is 1. The molecule has 0 radical (unpaired) electrons. The van der Waals surface area contributed by atoms with Crippen molar-refractivity contribution in [1.82, 2.24) is 4.98 Å². The standard InChI is InChI=1S/C23H25NO3S/c1-14-19(21(22(25)26)27-23(2,3)4)20(15-9-8-10-16(13-15)28-5)17-11-6-7-12-18(17)24-14/h6-13,21H,1-5H3,(H,25,26). The van der Waals surface area contributed by atoms with E-state index in [9.17, 15) is 9.90 Å². The van der Waals surface area contributed by atoms with Crippen LogP contribution in [0.3, 0.4) is 0 Å². The van der Waals surface area contributed by atoms with Gasteiger partial charge in [-0.1, -0.05) is 30.3 Å². The number of aryl methyl sites for hydroxylation is 1. The molecule has 2 aromatic carbocycles. The molecule has 0 aliphatic rings. The van der Waals surface area contributed by atoms with Crippen molar-refractivity contribution in [3.8, 4) is 11.1 Å². The first-order chi connectivity index (χ1) is 13.2. The summed E-state index contributed by atoms with van der Waals surface area (Å²) in [6.07, 6.45) is 0.920. The number of nitrogens with zero attached hydrogens (tertiary/aromatic N) is 1. The van der Waals surface area contributed by atoms with Crippen molar-refractivity contribution in [3.05, 3.63) is 59.8 Å². The Hall–Kier alpha value is -2.37. The summed E-state index contributed by atoms with van der Waals surface area (Å²) in [7, 11) is 0. The molecular weight excluding hydrogens is 370 g/mol. The zero-order chi connectivity index (χ0) is 20.5. The van der Waals surface area contributed by atoms with Crippen LogP contribution >= 0.6 is 11.8 Å². The van der Waals surface area contributed by atoms with Gasteiger partial charge in [0.15, 0.2) is 6.10 Å². The number of pyridine rings is 1. The maximum absolute atomic E-state index is 12.2. The fourth-order valence-electron chi connectivity index (χ4n) is 3.35. The highest BCUT2D eigenvalue weighted by Crippen LogP contribution is 2.40. The molecule has 1 heterocycles. The number of aromatic nitrogens is 1. The lowest BCUT2D eigenvalue weighted by Crippen LogP contribution is -2.28. The number of carboxylic acid groups (broad SMARTS) is 1. The van der Waals surface area contributed by atoms with E-state index < -0.39 is 17.7 Å². The topological polar surface area (TPSA) is 59.4 Å². The maximum atomic E-state index is 12.2. The molecule has 0 aliphatic heterocycles. The highest BCUT2D eigenvalue weighted by molar-refractivity contribution is 7.98. The second kappa shape index (κ2) is 7.94. The van der Waals surface area contributed by atoms with Gasteiger partial charge in [-0.25, -0.2) is 4.79 Å². The van der Waals surface area contributed by atoms with Crippen LogP contribution in [0.15, 0.2) is 53.4 Å². The summed E-state index contributed by atoms with van der Waals surface area (Å²) in [5.41, 5.74) is 3.34. The number of carboxylic acids is 1. The summed E-state index contributed by atoms with van der Waals surface area (Å²) in [6, 6.07) is 16.0. The molecule has 1 aromatic heterocycles. The molecule has 0 aliphatic carbocycles. The summed E-state index contributed by atoms with van der Waals surface area (Å²) in [6.45, 7) is 7.44. The SMILES string of the molecule is CSc1cccc(-c2c(C(OC(C)(C)C)C(=O)O)c(C)nc3ccccc23)c1. The van der Waals surface area contributed by atoms with Crippen LogP contribution in [0.5, 0.6) is 0 Å². The van der Waals surface area contributed by atoms with Crippen molar-refractivity contribution >= 4 is 28.6 Å². The van der Waals surface area contributed by atoms with Crippen molar-refractivity contribution in [2.24, 2.45) is 0 Å². The lowest BCUT2D eigenvalue weighted by molar-refractivity contribution is -0.160. The quantitative estimate of drug-likeness (QED) is 0.547. The first-order valence-electron chi connectivity index (χ1n) is 9.15. The van der Waals surface area contributed by atoms with Gasteiger partial charge in [0.1, 0.15) is 0 Å². The van der Waals surface area contributed by atoms with Gasteiger partial charge in [-0.05, 0) is 63.3 Å². The Labute approximate surface area is 170 Å². The average molecular weight is 396 g/mol. The van der Waals surface area contributed by atoms with Gasteiger partial charge in [0.05, 0.1) is 11.1 Å². The summed E-state index contributed by atoms with van der Waals surface area (Å²) >= 11 is 1.65. The third-order valence-corrected chi connectivity index (χ3v) is 5.16. The monoisotopic (exact) mass is 395 g/mol. The molecule has 1 unspecified atom stereocenters. The number of hydrogen-bond donors (Lipinski definition) is 1. The second-order valence-electron chi connectivity index (χ2n) is 7.68. The van der Waals surface area contributed by atoms with Crippen LogP contribution in [-0.2, 0) is 9.53 Å². The number of aliphatic carboxylic acids is 1. The molecule has 0 fully saturated rings. The molecule has 0 bridgehead atoms. The third kappa shape index (κ3) is 4.21. The van der Waals surface area contributed by atoms with E-state index in [1.807, 2.05) is 76.4 Å². The molecule has 4 nitrogen and oxygen atoms in total. The minimum absolute atomic E-state index is 0.611. The van der Waals surface area contributed by atoms with Crippen LogP contribution in [0.2, 0.25) is 0 Å². The van der Waals surface area contributed by atoms with Gasteiger partial charge in [-0.3, -0.25) is 4.98 Å². The Bertz CT molecular complexity index is 1020. The Morgan fingerprint density at radius 2 is 1.86 bits per heavy atom. The molecule has 146 valence electrons. The van der Waals surface area contributed by atoms with E-state index in [0.717, 1.165) is 26.9 Å². The van der Waals surface area contributed by atoms with Gasteiger partial charge in [0, 0.05) is 21.5 Å². The van der Waals surface area contributed by atoms with Gasteiger partial charge in [-0.2, -0.15) is 0 Å². The molecule has 0 saturated carbocycles. The summed E-state index contributed by atoms with van der Waals surface area (Å²) < 4.78 is 5.99. The van der Waals surface area contributed by atoms with E-state index in [0.29, 0.717) is 11.3 Å². The predicted molar refractivity (Wildman–Crippen MR) is 115 cm³/mol. The fourth-order valence-corrected chi connectivity index (χ4v) is 3.81. The fraction of sp³-hybridized carbons (Fsp3) is 0.304. The van der Waals surface area contributed by atoms with E-state index in [2.05, 4.69) is 11.1 Å². The van der Waals surface area contributed by atoms with Crippen LogP contribution in [-0.4, -0.2) is 27.9 Å². The Kier molecular flexibility index (Phi) is 5.77. The van der Waals surface area contributed by atoms with Gasteiger partial charge in [0.2, 0.25) is 0 Å². The highest BCUT2D eigenvalue weighted by atomic mass is 32.2. The lowest BCUT2D eigenvalue weighted by atomic mass is 9.91. The predicted octanol–water partition coefficient (Wildman–Crippen LogP) is 5.87. The van der Waals surface area contributed by atoms with Crippen molar-refractivity contribution in [2.45, 2.75) is 44.3 Å². The van der Waals surface area contributed by atoms with Gasteiger partial charge in [-0.15, -0.1) is 11.8 Å². The zero-order valence-corrected chi connectivity index (χ0v) is 17.6. The van der Waals surface area contributed by atoms with Crippen LogP contribution in [0.4, 0.5) is 0 Å². The van der Waals surface area contributed by atoms with Crippen molar-refractivity contribution in [2.75, 3.05) is 6.26 Å². The summed E-state index contributed by atoms with van der Waals surface area (Å²) in [5.74, 6) is -1.02. The number of carbonyl (C=O) groups is 1. The molecular formula is C23H25NO3S. The van der Waals surface area contributed by atoms with E-state index >= 15 is 0 Å². The number of ether oxygens (including phenoxy) is 1. The van der Waals surface area contributed by atoms with E-state index in [1.165, 1.54) is 0 Å². The minimum Gasteiger partial charge on any atom is -0.479 e. The summed E-state index contributed by atoms with van der Waals surface area (Å²) in [4.78, 5) is 18.0. The third-order valence-electron chi connectivity index (χ3n) is 4.44. The maximum Gasteiger partial charge on any atom is 0.337 e.